The third-order valence-corrected chi connectivity index (χ3v) is 13.6. The first-order chi connectivity index (χ1) is 19.5. The molecular formula is C37H54FNO2. The van der Waals surface area contributed by atoms with E-state index in [0.29, 0.717) is 46.1 Å². The number of alkyl halides is 1. The molecule has 0 spiro atoms. The molecule has 0 bridgehead atoms. The highest BCUT2D eigenvalue weighted by Crippen LogP contribution is 2.75. The number of fused-ring (bicyclic) bond motifs is 7. The molecule has 6 rings (SSSR count). The fourth-order valence-electron chi connectivity index (χ4n) is 11.6. The summed E-state index contributed by atoms with van der Waals surface area (Å²) >= 11 is 0. The second-order valence-electron chi connectivity index (χ2n) is 14.9. The van der Waals surface area contributed by atoms with Crippen molar-refractivity contribution >= 4 is 11.5 Å². The molecule has 9 atom stereocenters. The monoisotopic (exact) mass is 563 g/mol. The number of rotatable bonds is 5. The number of nitrogens with one attached hydrogen (secondary N) is 1. The fourth-order valence-corrected chi connectivity index (χ4v) is 11.6. The molecule has 5 aliphatic carbocycles. The molecule has 4 saturated carbocycles. The van der Waals surface area contributed by atoms with Gasteiger partial charge in [0.1, 0.15) is 6.67 Å². The van der Waals surface area contributed by atoms with E-state index in [-0.39, 0.29) is 12.2 Å². The molecule has 0 saturated heterocycles. The predicted octanol–water partition coefficient (Wildman–Crippen LogP) is 9.35. The molecule has 0 amide bonds. The maximum absolute atomic E-state index is 13.2. The van der Waals surface area contributed by atoms with Gasteiger partial charge in [0.15, 0.2) is 0 Å². The SMILES string of the molecule is C=CC.CC1C(c2ccc(C(=O)O)cc2)=CCC2(C)C1CCC1(C)C2CCC2C3CCCC3(NCCF)CC[C@]21C. The molecule has 0 radical (unpaired) electrons. The van der Waals surface area contributed by atoms with Gasteiger partial charge in [0, 0.05) is 12.1 Å². The predicted molar refractivity (Wildman–Crippen MR) is 168 cm³/mol. The first-order valence-corrected chi connectivity index (χ1v) is 16.4. The molecular weight excluding hydrogens is 509 g/mol. The number of hydrogen-bond acceptors (Lipinski definition) is 2. The summed E-state index contributed by atoms with van der Waals surface area (Å²) in [6.45, 7) is 15.9. The highest BCUT2D eigenvalue weighted by molar-refractivity contribution is 5.88. The van der Waals surface area contributed by atoms with Gasteiger partial charge >= 0.3 is 5.97 Å². The van der Waals surface area contributed by atoms with Crippen LogP contribution in [0, 0.1) is 45.8 Å². The van der Waals surface area contributed by atoms with E-state index < -0.39 is 5.97 Å². The number of carboxylic acids is 1. The molecule has 3 nitrogen and oxygen atoms in total. The quantitative estimate of drug-likeness (QED) is 0.351. The number of carbonyl (C=O) groups is 1. The minimum atomic E-state index is -0.860. The van der Waals surface area contributed by atoms with Crippen LogP contribution >= 0.6 is 0 Å². The number of benzene rings is 1. The molecule has 8 unspecified atom stereocenters. The highest BCUT2D eigenvalue weighted by Gasteiger charge is 2.68. The smallest absolute Gasteiger partial charge is 0.335 e. The third-order valence-electron chi connectivity index (χ3n) is 13.6. The Kier molecular flexibility index (Phi) is 8.40. The first-order valence-electron chi connectivity index (χ1n) is 16.4. The Labute approximate surface area is 248 Å². The normalized spacial score (nSPS) is 42.8. The summed E-state index contributed by atoms with van der Waals surface area (Å²) in [7, 11) is 0. The average molecular weight is 564 g/mol. The van der Waals surface area contributed by atoms with Crippen LogP contribution in [-0.4, -0.2) is 29.8 Å². The number of allylic oxidation sites excluding steroid dienone is 3. The Morgan fingerprint density at radius 3 is 2.37 bits per heavy atom. The Morgan fingerprint density at radius 1 is 1.00 bits per heavy atom. The summed E-state index contributed by atoms with van der Waals surface area (Å²) in [4.78, 5) is 11.4. The van der Waals surface area contributed by atoms with Crippen molar-refractivity contribution in [3.63, 3.8) is 0 Å². The van der Waals surface area contributed by atoms with Gasteiger partial charge in [-0.2, -0.15) is 0 Å². The number of hydrogen-bond donors (Lipinski definition) is 2. The van der Waals surface area contributed by atoms with Gasteiger partial charge in [0.25, 0.3) is 0 Å². The van der Waals surface area contributed by atoms with E-state index in [1.807, 2.05) is 19.1 Å². The zero-order valence-electron chi connectivity index (χ0n) is 26.3. The summed E-state index contributed by atoms with van der Waals surface area (Å²) in [6, 6.07) is 7.54. The lowest BCUT2D eigenvalue weighted by Crippen LogP contribution is -2.67. The van der Waals surface area contributed by atoms with E-state index in [1.165, 1.54) is 68.9 Å². The van der Waals surface area contributed by atoms with Crippen LogP contribution in [-0.2, 0) is 0 Å². The minimum absolute atomic E-state index is 0.188. The lowest BCUT2D eigenvalue weighted by molar-refractivity contribution is -0.211. The van der Waals surface area contributed by atoms with Crippen LogP contribution in [0.15, 0.2) is 43.0 Å². The van der Waals surface area contributed by atoms with Crippen LogP contribution in [0.25, 0.3) is 5.57 Å². The summed E-state index contributed by atoms with van der Waals surface area (Å²) < 4.78 is 13.2. The lowest BCUT2D eigenvalue weighted by atomic mass is 9.34. The maximum atomic E-state index is 13.2. The van der Waals surface area contributed by atoms with Gasteiger partial charge in [-0.25, -0.2) is 9.18 Å². The molecule has 0 heterocycles. The zero-order valence-corrected chi connectivity index (χ0v) is 26.3. The summed E-state index contributed by atoms with van der Waals surface area (Å²) in [5.41, 5.74) is 4.18. The van der Waals surface area contributed by atoms with Gasteiger partial charge in [0.2, 0.25) is 0 Å². The van der Waals surface area contributed by atoms with Crippen molar-refractivity contribution in [2.75, 3.05) is 13.2 Å². The number of carboxylic acid groups (broad SMARTS) is 1. The van der Waals surface area contributed by atoms with Crippen LogP contribution in [0.5, 0.6) is 0 Å². The molecule has 4 heteroatoms. The second-order valence-corrected chi connectivity index (χ2v) is 14.9. The second kappa shape index (κ2) is 11.3. The zero-order chi connectivity index (χ0) is 29.6. The van der Waals surface area contributed by atoms with Gasteiger partial charge in [-0.1, -0.05) is 58.4 Å². The Hall–Kier alpha value is -1.94. The van der Waals surface area contributed by atoms with E-state index in [2.05, 4.69) is 45.7 Å². The first kappa shape index (κ1) is 30.5. The van der Waals surface area contributed by atoms with Crippen molar-refractivity contribution in [2.45, 2.75) is 104 Å². The molecule has 226 valence electrons. The van der Waals surface area contributed by atoms with Gasteiger partial charge in [0.05, 0.1) is 5.56 Å². The van der Waals surface area contributed by atoms with Gasteiger partial charge in [-0.15, -0.1) is 6.58 Å². The van der Waals surface area contributed by atoms with Gasteiger partial charge < -0.3 is 10.4 Å². The Balaban J connectivity index is 0.00000108. The highest BCUT2D eigenvalue weighted by atomic mass is 19.1. The molecule has 1 aromatic carbocycles. The minimum Gasteiger partial charge on any atom is -0.478 e. The molecule has 1 aromatic rings. The van der Waals surface area contributed by atoms with Crippen molar-refractivity contribution in [1.82, 2.24) is 5.32 Å². The number of halogens is 1. The van der Waals surface area contributed by atoms with Crippen molar-refractivity contribution in [3.05, 3.63) is 54.1 Å². The Morgan fingerprint density at radius 2 is 1.71 bits per heavy atom. The molecule has 41 heavy (non-hydrogen) atoms. The average Bonchev–Trinajstić information content (AvgIpc) is 3.37. The summed E-state index contributed by atoms with van der Waals surface area (Å²) in [6.07, 6.45) is 17.0. The standard InChI is InChI=1S/C34H48FNO2.C3H6/c1-22-25(23-7-9-24(10-8-23)30(37)38)13-16-31(2)26(22)14-17-33(4)29(31)12-11-27-28-6-5-15-34(28,36-21-20-35)19-18-32(27,33)3;1-3-2/h7-10,13,22,26-29,36H,5-6,11-12,14-21H2,1-4H3,(H,37,38);3H,1H2,2H3/t22?,26?,27?,28?,29?,31?,32-,33?,34?;/m1./s1. The van der Waals surface area contributed by atoms with Crippen LogP contribution in [0.1, 0.15) is 115 Å². The fraction of sp³-hybridized carbons (Fsp3) is 0.703. The summed E-state index contributed by atoms with van der Waals surface area (Å²) in [5, 5.41) is 13.1. The van der Waals surface area contributed by atoms with E-state index in [4.69, 9.17) is 0 Å². The van der Waals surface area contributed by atoms with Gasteiger partial charge in [-0.3, -0.25) is 0 Å². The molecule has 4 fully saturated rings. The van der Waals surface area contributed by atoms with Crippen molar-refractivity contribution in [3.8, 4) is 0 Å². The van der Waals surface area contributed by atoms with Crippen LogP contribution in [0.2, 0.25) is 0 Å². The van der Waals surface area contributed by atoms with Crippen LogP contribution < -0.4 is 5.32 Å². The lowest BCUT2D eigenvalue weighted by Gasteiger charge is -2.71. The number of aromatic carboxylic acids is 1. The van der Waals surface area contributed by atoms with Crippen LogP contribution in [0.3, 0.4) is 0 Å². The third kappa shape index (κ3) is 4.66. The van der Waals surface area contributed by atoms with E-state index in [9.17, 15) is 14.3 Å². The molecule has 0 aliphatic heterocycles. The van der Waals surface area contributed by atoms with E-state index in [1.54, 1.807) is 18.2 Å². The molecule has 0 aromatic heterocycles. The maximum Gasteiger partial charge on any atom is 0.335 e. The molecule has 2 N–H and O–H groups in total. The van der Waals surface area contributed by atoms with E-state index in [0.717, 1.165) is 18.3 Å². The molecule has 5 aliphatic rings. The van der Waals surface area contributed by atoms with Crippen molar-refractivity contribution in [1.29, 1.82) is 0 Å². The van der Waals surface area contributed by atoms with Crippen molar-refractivity contribution < 1.29 is 14.3 Å². The largest absolute Gasteiger partial charge is 0.478 e. The topological polar surface area (TPSA) is 49.3 Å². The summed E-state index contributed by atoms with van der Waals surface area (Å²) in [5.74, 6) is 2.49. The Bertz CT molecular complexity index is 1160. The van der Waals surface area contributed by atoms with Crippen LogP contribution in [0.4, 0.5) is 4.39 Å². The van der Waals surface area contributed by atoms with Gasteiger partial charge in [-0.05, 0) is 134 Å². The van der Waals surface area contributed by atoms with Crippen molar-refractivity contribution in [2.24, 2.45) is 45.8 Å². The van der Waals surface area contributed by atoms with E-state index >= 15 is 0 Å².